The van der Waals surface area contributed by atoms with Gasteiger partial charge in [-0.15, -0.1) is 0 Å². The van der Waals surface area contributed by atoms with E-state index in [1.165, 1.54) is 0 Å². The number of hydrogen-bond acceptors (Lipinski definition) is 4. The summed E-state index contributed by atoms with van der Waals surface area (Å²) in [6.07, 6.45) is 0. The molecule has 0 fully saturated rings. The van der Waals surface area contributed by atoms with E-state index in [1.54, 1.807) is 67.8 Å². The number of carbonyl (C=O) groups excluding carboxylic acids is 1. The Kier molecular flexibility index (Phi) is 5.07. The van der Waals surface area contributed by atoms with Crippen molar-refractivity contribution in [3.63, 3.8) is 0 Å². The van der Waals surface area contributed by atoms with Crippen LogP contribution in [0.25, 0.3) is 22.3 Å². The molecule has 0 saturated carbocycles. The predicted octanol–water partition coefficient (Wildman–Crippen LogP) is 5.77. The summed E-state index contributed by atoms with van der Waals surface area (Å²) < 4.78 is 12.2. The van der Waals surface area contributed by atoms with Gasteiger partial charge in [0.15, 0.2) is 0 Å². The molecule has 1 heterocycles. The van der Waals surface area contributed by atoms with Crippen LogP contribution in [0, 0.1) is 6.92 Å². The van der Waals surface area contributed by atoms with Gasteiger partial charge < -0.3 is 9.15 Å². The highest BCUT2D eigenvalue weighted by atomic mass is 79.9. The first-order valence-electron chi connectivity index (χ1n) is 9.00. The average Bonchev–Trinajstić information content (AvgIpc) is 2.73. The fourth-order valence-corrected chi connectivity index (χ4v) is 3.46. The average molecular weight is 449 g/mol. The first-order valence-corrected chi connectivity index (χ1v) is 9.79. The first kappa shape index (κ1) is 19.2. The third-order valence-electron chi connectivity index (χ3n) is 4.73. The molecule has 4 nitrogen and oxygen atoms in total. The van der Waals surface area contributed by atoms with Gasteiger partial charge in [0.1, 0.15) is 22.7 Å². The van der Waals surface area contributed by atoms with E-state index in [0.717, 1.165) is 10.0 Å². The first-order chi connectivity index (χ1) is 14.0. The molecule has 29 heavy (non-hydrogen) atoms. The van der Waals surface area contributed by atoms with E-state index in [1.807, 2.05) is 13.0 Å². The van der Waals surface area contributed by atoms with Gasteiger partial charge in [0.25, 0.3) is 0 Å². The summed E-state index contributed by atoms with van der Waals surface area (Å²) in [5.41, 5.74) is 2.15. The van der Waals surface area contributed by atoms with E-state index in [9.17, 15) is 9.59 Å². The molecule has 0 atom stereocenters. The Labute approximate surface area is 175 Å². The Balaban J connectivity index is 2.00. The molecule has 4 rings (SSSR count). The number of halogens is 1. The number of carbonyl (C=O) groups is 1. The normalized spacial score (nSPS) is 10.9. The minimum Gasteiger partial charge on any atom is -0.497 e. The molecule has 0 saturated heterocycles. The van der Waals surface area contributed by atoms with Crippen LogP contribution in [-0.4, -0.2) is 12.9 Å². The minimum atomic E-state index is -0.375. The second kappa shape index (κ2) is 7.68. The highest BCUT2D eigenvalue weighted by molar-refractivity contribution is 9.10. The van der Waals surface area contributed by atoms with Crippen LogP contribution in [0.2, 0.25) is 0 Å². The smallest absolute Gasteiger partial charge is 0.204 e. The number of ketones is 1. The molecule has 0 unspecified atom stereocenters. The summed E-state index contributed by atoms with van der Waals surface area (Å²) in [6, 6.07) is 19.3. The Hall–Kier alpha value is -3.18. The van der Waals surface area contributed by atoms with Crippen LogP contribution in [0.1, 0.15) is 21.5 Å². The Morgan fingerprint density at radius 3 is 2.31 bits per heavy atom. The molecule has 0 amide bonds. The standard InChI is InChI=1S/C24H17BrO4/c1-14-3-12-19-20(13-14)29-24(16-6-10-18(28-2)11-7-16)21(23(19)27)22(26)15-4-8-17(25)9-5-15/h3-13H,1-2H3. The van der Waals surface area contributed by atoms with Crippen molar-refractivity contribution in [1.82, 2.24) is 0 Å². The van der Waals surface area contributed by atoms with E-state index in [-0.39, 0.29) is 22.5 Å². The lowest BCUT2D eigenvalue weighted by Gasteiger charge is -2.11. The molecule has 144 valence electrons. The van der Waals surface area contributed by atoms with E-state index in [2.05, 4.69) is 15.9 Å². The lowest BCUT2D eigenvalue weighted by molar-refractivity contribution is 0.103. The van der Waals surface area contributed by atoms with Crippen LogP contribution in [0.3, 0.4) is 0 Å². The van der Waals surface area contributed by atoms with Crippen LogP contribution in [-0.2, 0) is 0 Å². The van der Waals surface area contributed by atoms with Gasteiger partial charge in [-0.3, -0.25) is 9.59 Å². The zero-order chi connectivity index (χ0) is 20.5. The summed E-state index contributed by atoms with van der Waals surface area (Å²) in [4.78, 5) is 26.6. The summed E-state index contributed by atoms with van der Waals surface area (Å²) >= 11 is 3.37. The van der Waals surface area contributed by atoms with Gasteiger partial charge in [0, 0.05) is 15.6 Å². The number of ether oxygens (including phenoxy) is 1. The van der Waals surface area contributed by atoms with Crippen molar-refractivity contribution in [2.45, 2.75) is 6.92 Å². The zero-order valence-corrected chi connectivity index (χ0v) is 17.4. The number of aryl methyl sites for hydroxylation is 1. The van der Waals surface area contributed by atoms with Gasteiger partial charge in [-0.25, -0.2) is 0 Å². The number of hydrogen-bond donors (Lipinski definition) is 0. The maximum atomic E-state index is 13.3. The van der Waals surface area contributed by atoms with E-state index in [4.69, 9.17) is 9.15 Å². The Morgan fingerprint density at radius 1 is 0.966 bits per heavy atom. The lowest BCUT2D eigenvalue weighted by Crippen LogP contribution is -2.18. The molecule has 0 bridgehead atoms. The van der Waals surface area contributed by atoms with E-state index < -0.39 is 0 Å². The van der Waals surface area contributed by atoms with Crippen LogP contribution in [0.15, 0.2) is 80.4 Å². The highest BCUT2D eigenvalue weighted by Crippen LogP contribution is 2.29. The number of methoxy groups -OCH3 is 1. The fourth-order valence-electron chi connectivity index (χ4n) is 3.20. The molecular weight excluding hydrogens is 432 g/mol. The Morgan fingerprint density at radius 2 is 1.66 bits per heavy atom. The van der Waals surface area contributed by atoms with Gasteiger partial charge in [-0.2, -0.15) is 0 Å². The number of fused-ring (bicyclic) bond motifs is 1. The SMILES string of the molecule is COc1ccc(-c2oc3cc(C)ccc3c(=O)c2C(=O)c2ccc(Br)cc2)cc1. The topological polar surface area (TPSA) is 56.5 Å². The van der Waals surface area contributed by atoms with Crippen molar-refractivity contribution < 1.29 is 13.9 Å². The third kappa shape index (κ3) is 3.61. The summed E-state index contributed by atoms with van der Waals surface area (Å²) in [6.45, 7) is 1.92. The summed E-state index contributed by atoms with van der Waals surface area (Å²) in [5, 5.41) is 0.383. The molecule has 0 N–H and O–H groups in total. The number of benzene rings is 3. The molecule has 0 radical (unpaired) electrons. The van der Waals surface area contributed by atoms with Gasteiger partial charge in [-0.1, -0.05) is 22.0 Å². The molecule has 3 aromatic carbocycles. The zero-order valence-electron chi connectivity index (χ0n) is 15.9. The van der Waals surface area contributed by atoms with E-state index >= 15 is 0 Å². The van der Waals surface area contributed by atoms with Gasteiger partial charge in [0.05, 0.1) is 12.5 Å². The number of rotatable bonds is 4. The quantitative estimate of drug-likeness (QED) is 0.371. The lowest BCUT2D eigenvalue weighted by atomic mass is 9.97. The maximum Gasteiger partial charge on any atom is 0.204 e. The van der Waals surface area contributed by atoms with Crippen LogP contribution in [0.5, 0.6) is 5.75 Å². The summed E-state index contributed by atoms with van der Waals surface area (Å²) in [7, 11) is 1.58. The van der Waals surface area contributed by atoms with Crippen LogP contribution in [0.4, 0.5) is 0 Å². The second-order valence-electron chi connectivity index (χ2n) is 6.70. The second-order valence-corrected chi connectivity index (χ2v) is 7.62. The van der Waals surface area contributed by atoms with Crippen molar-refractivity contribution in [3.05, 3.63) is 98.1 Å². The van der Waals surface area contributed by atoms with Crippen molar-refractivity contribution in [2.75, 3.05) is 7.11 Å². The monoisotopic (exact) mass is 448 g/mol. The Bertz CT molecular complexity index is 1270. The molecular formula is C24H17BrO4. The largest absolute Gasteiger partial charge is 0.497 e. The molecule has 4 aromatic rings. The van der Waals surface area contributed by atoms with Crippen molar-refractivity contribution >= 4 is 32.7 Å². The van der Waals surface area contributed by atoms with Crippen molar-refractivity contribution in [1.29, 1.82) is 0 Å². The molecule has 0 aliphatic rings. The van der Waals surface area contributed by atoms with E-state index in [0.29, 0.717) is 27.8 Å². The van der Waals surface area contributed by atoms with Gasteiger partial charge in [0.2, 0.25) is 11.2 Å². The van der Waals surface area contributed by atoms with Gasteiger partial charge >= 0.3 is 0 Å². The molecule has 1 aromatic heterocycles. The fraction of sp³-hybridized carbons (Fsp3) is 0.0833. The van der Waals surface area contributed by atoms with Crippen LogP contribution < -0.4 is 10.2 Å². The molecule has 0 aliphatic heterocycles. The maximum absolute atomic E-state index is 13.3. The molecule has 0 spiro atoms. The van der Waals surface area contributed by atoms with Crippen molar-refractivity contribution in [3.8, 4) is 17.1 Å². The highest BCUT2D eigenvalue weighted by Gasteiger charge is 2.23. The summed E-state index contributed by atoms with van der Waals surface area (Å²) in [5.74, 6) is 0.553. The van der Waals surface area contributed by atoms with Gasteiger partial charge in [-0.05, 0) is 73.2 Å². The predicted molar refractivity (Wildman–Crippen MR) is 117 cm³/mol. The van der Waals surface area contributed by atoms with Crippen molar-refractivity contribution in [2.24, 2.45) is 0 Å². The molecule has 0 aliphatic carbocycles. The van der Waals surface area contributed by atoms with Crippen LogP contribution >= 0.6 is 15.9 Å². The minimum absolute atomic E-state index is 0.0221. The molecule has 5 heteroatoms. The third-order valence-corrected chi connectivity index (χ3v) is 5.26.